The Hall–Kier alpha value is -3.35. The molecule has 0 bridgehead atoms. The van der Waals surface area contributed by atoms with Crippen LogP contribution >= 0.6 is 0 Å². The summed E-state index contributed by atoms with van der Waals surface area (Å²) in [5.74, 6) is -0.673. The van der Waals surface area contributed by atoms with Crippen LogP contribution in [0.3, 0.4) is 0 Å². The van der Waals surface area contributed by atoms with Crippen molar-refractivity contribution in [3.63, 3.8) is 0 Å². The van der Waals surface area contributed by atoms with Crippen LogP contribution in [0.1, 0.15) is 27.8 Å². The fraction of sp³-hybridized carbons (Fsp3) is 0.167. The third-order valence-corrected chi connectivity index (χ3v) is 3.68. The number of hydrogen-bond acceptors (Lipinski definition) is 4. The molecule has 2 heterocycles. The van der Waals surface area contributed by atoms with Gasteiger partial charge in [0, 0.05) is 36.9 Å². The second-order valence-electron chi connectivity index (χ2n) is 5.42. The van der Waals surface area contributed by atoms with Gasteiger partial charge in [-0.05, 0) is 37.3 Å². The van der Waals surface area contributed by atoms with Gasteiger partial charge in [-0.3, -0.25) is 4.79 Å². The molecule has 7 heteroatoms. The van der Waals surface area contributed by atoms with Crippen LogP contribution in [-0.2, 0) is 11.8 Å². The number of nitrogens with zero attached hydrogens (tertiary/aromatic N) is 3. The van der Waals surface area contributed by atoms with Gasteiger partial charge < -0.3 is 19.2 Å². The maximum absolute atomic E-state index is 12.4. The van der Waals surface area contributed by atoms with Crippen molar-refractivity contribution < 1.29 is 14.3 Å². The topological polar surface area (TPSA) is 78.2 Å². The van der Waals surface area contributed by atoms with E-state index in [1.54, 1.807) is 55.5 Å². The maximum Gasteiger partial charge on any atom is 0.355 e. The first kappa shape index (κ1) is 16.5. The summed E-state index contributed by atoms with van der Waals surface area (Å²) in [5, 5.41) is 2.78. The second-order valence-corrected chi connectivity index (χ2v) is 5.42. The lowest BCUT2D eigenvalue weighted by Crippen LogP contribution is -2.11. The molecule has 0 aliphatic rings. The lowest BCUT2D eigenvalue weighted by Gasteiger charge is -2.05. The SMILES string of the molecule is CCOC(=O)c1cc(NC(=O)c2ccc(-n3ccnc3)cc2)cn1C. The first-order valence-electron chi connectivity index (χ1n) is 7.81. The molecule has 0 radical (unpaired) electrons. The first-order chi connectivity index (χ1) is 12.1. The quantitative estimate of drug-likeness (QED) is 0.726. The number of rotatable bonds is 5. The zero-order valence-corrected chi connectivity index (χ0v) is 14.0. The molecular formula is C18H18N4O3. The number of hydrogen-bond donors (Lipinski definition) is 1. The molecule has 1 amide bonds. The fourth-order valence-electron chi connectivity index (χ4n) is 2.44. The van der Waals surface area contributed by atoms with E-state index in [0.29, 0.717) is 23.6 Å². The van der Waals surface area contributed by atoms with Gasteiger partial charge in [0.2, 0.25) is 0 Å². The number of nitrogens with one attached hydrogen (secondary N) is 1. The van der Waals surface area contributed by atoms with Crippen LogP contribution in [0.25, 0.3) is 5.69 Å². The molecule has 2 aromatic heterocycles. The lowest BCUT2D eigenvalue weighted by atomic mass is 10.2. The largest absolute Gasteiger partial charge is 0.461 e. The number of ether oxygens (including phenoxy) is 1. The lowest BCUT2D eigenvalue weighted by molar-refractivity contribution is 0.0515. The number of esters is 1. The van der Waals surface area contributed by atoms with E-state index in [4.69, 9.17) is 4.74 Å². The summed E-state index contributed by atoms with van der Waals surface area (Å²) in [7, 11) is 1.72. The minimum absolute atomic E-state index is 0.252. The molecule has 0 aliphatic heterocycles. The van der Waals surface area contributed by atoms with Gasteiger partial charge in [-0.25, -0.2) is 9.78 Å². The molecule has 7 nitrogen and oxygen atoms in total. The number of carbonyl (C=O) groups excluding carboxylic acids is 2. The number of aryl methyl sites for hydroxylation is 1. The fourth-order valence-corrected chi connectivity index (χ4v) is 2.44. The van der Waals surface area contributed by atoms with Crippen molar-refractivity contribution in [2.75, 3.05) is 11.9 Å². The highest BCUT2D eigenvalue weighted by Crippen LogP contribution is 2.16. The van der Waals surface area contributed by atoms with Crippen LogP contribution in [0.4, 0.5) is 5.69 Å². The van der Waals surface area contributed by atoms with Crippen molar-refractivity contribution >= 4 is 17.6 Å². The molecule has 0 spiro atoms. The van der Waals surface area contributed by atoms with Crippen molar-refractivity contribution in [1.29, 1.82) is 0 Å². The third-order valence-electron chi connectivity index (χ3n) is 3.68. The Morgan fingerprint density at radius 1 is 1.24 bits per heavy atom. The van der Waals surface area contributed by atoms with Gasteiger partial charge in [0.05, 0.1) is 18.6 Å². The molecule has 0 fully saturated rings. The van der Waals surface area contributed by atoms with Crippen LogP contribution < -0.4 is 5.32 Å². The number of carbonyl (C=O) groups is 2. The van der Waals surface area contributed by atoms with Crippen molar-refractivity contribution in [3.05, 3.63) is 66.5 Å². The Labute approximate surface area is 144 Å². The Balaban J connectivity index is 1.72. The van der Waals surface area contributed by atoms with Gasteiger partial charge in [-0.2, -0.15) is 0 Å². The van der Waals surface area contributed by atoms with Gasteiger partial charge in [0.15, 0.2) is 0 Å². The molecule has 0 atom stereocenters. The first-order valence-corrected chi connectivity index (χ1v) is 7.81. The highest BCUT2D eigenvalue weighted by molar-refractivity contribution is 6.05. The highest BCUT2D eigenvalue weighted by Gasteiger charge is 2.14. The Morgan fingerprint density at radius 2 is 2.00 bits per heavy atom. The van der Waals surface area contributed by atoms with E-state index < -0.39 is 5.97 Å². The Kier molecular flexibility index (Phi) is 4.65. The predicted octanol–water partition coefficient (Wildman–Crippen LogP) is 2.64. The normalized spacial score (nSPS) is 10.5. The van der Waals surface area contributed by atoms with Crippen LogP contribution in [0.15, 0.2) is 55.2 Å². The summed E-state index contributed by atoms with van der Waals surface area (Å²) in [6, 6.07) is 8.74. The van der Waals surface area contributed by atoms with Crippen molar-refractivity contribution in [2.45, 2.75) is 6.92 Å². The molecule has 1 aromatic carbocycles. The molecule has 3 rings (SSSR count). The van der Waals surface area contributed by atoms with E-state index >= 15 is 0 Å². The van der Waals surface area contributed by atoms with E-state index in [9.17, 15) is 9.59 Å². The van der Waals surface area contributed by atoms with Crippen LogP contribution in [0.2, 0.25) is 0 Å². The predicted molar refractivity (Wildman–Crippen MR) is 92.9 cm³/mol. The van der Waals surface area contributed by atoms with Gasteiger partial charge in [0.1, 0.15) is 5.69 Å². The standard InChI is InChI=1S/C18H18N4O3/c1-3-25-18(24)16-10-14(11-21(16)2)20-17(23)13-4-6-15(7-5-13)22-9-8-19-12-22/h4-12H,3H2,1-2H3,(H,20,23). The summed E-state index contributed by atoms with van der Waals surface area (Å²) in [5.41, 5.74) is 2.35. The summed E-state index contributed by atoms with van der Waals surface area (Å²) >= 11 is 0. The molecule has 128 valence electrons. The van der Waals surface area contributed by atoms with Gasteiger partial charge >= 0.3 is 5.97 Å². The number of anilines is 1. The highest BCUT2D eigenvalue weighted by atomic mass is 16.5. The van der Waals surface area contributed by atoms with E-state index in [0.717, 1.165) is 5.69 Å². The van der Waals surface area contributed by atoms with E-state index in [1.165, 1.54) is 0 Å². The summed E-state index contributed by atoms with van der Waals surface area (Å²) in [6.45, 7) is 2.05. The molecule has 3 aromatic rings. The number of imidazole rings is 1. The van der Waals surface area contributed by atoms with E-state index in [-0.39, 0.29) is 5.91 Å². The summed E-state index contributed by atoms with van der Waals surface area (Å²) in [6.07, 6.45) is 6.88. The van der Waals surface area contributed by atoms with Crippen LogP contribution in [-0.4, -0.2) is 32.6 Å². The monoisotopic (exact) mass is 338 g/mol. The zero-order chi connectivity index (χ0) is 17.8. The van der Waals surface area contributed by atoms with Crippen LogP contribution in [0, 0.1) is 0 Å². The molecule has 0 saturated carbocycles. The summed E-state index contributed by atoms with van der Waals surface area (Å²) in [4.78, 5) is 28.2. The van der Waals surface area contributed by atoms with E-state index in [1.807, 2.05) is 22.9 Å². The Morgan fingerprint density at radius 3 is 2.64 bits per heavy atom. The van der Waals surface area contributed by atoms with Crippen LogP contribution in [0.5, 0.6) is 0 Å². The van der Waals surface area contributed by atoms with Crippen molar-refractivity contribution in [1.82, 2.24) is 14.1 Å². The number of aromatic nitrogens is 3. The molecule has 0 aliphatic carbocycles. The summed E-state index contributed by atoms with van der Waals surface area (Å²) < 4.78 is 8.45. The van der Waals surface area contributed by atoms with Gasteiger partial charge in [0.25, 0.3) is 5.91 Å². The minimum Gasteiger partial charge on any atom is -0.461 e. The maximum atomic E-state index is 12.4. The minimum atomic E-state index is -0.421. The molecular weight excluding hydrogens is 320 g/mol. The number of benzene rings is 1. The Bertz CT molecular complexity index is 880. The average Bonchev–Trinajstić information content (AvgIpc) is 3.25. The zero-order valence-electron chi connectivity index (χ0n) is 14.0. The molecule has 1 N–H and O–H groups in total. The van der Waals surface area contributed by atoms with E-state index in [2.05, 4.69) is 10.3 Å². The van der Waals surface area contributed by atoms with Crippen molar-refractivity contribution in [2.24, 2.45) is 7.05 Å². The molecule has 0 saturated heterocycles. The van der Waals surface area contributed by atoms with Crippen molar-refractivity contribution in [3.8, 4) is 5.69 Å². The smallest absolute Gasteiger partial charge is 0.355 e. The van der Waals surface area contributed by atoms with Gasteiger partial charge in [-0.1, -0.05) is 0 Å². The third kappa shape index (κ3) is 3.60. The molecule has 0 unspecified atom stereocenters. The number of amides is 1. The molecule has 25 heavy (non-hydrogen) atoms. The average molecular weight is 338 g/mol. The van der Waals surface area contributed by atoms with Gasteiger partial charge in [-0.15, -0.1) is 0 Å². The second kappa shape index (κ2) is 7.04.